The summed E-state index contributed by atoms with van der Waals surface area (Å²) in [6.45, 7) is 0.593. The molecule has 1 aliphatic rings. The molecule has 0 aromatic heterocycles. The van der Waals surface area contributed by atoms with Crippen molar-refractivity contribution in [3.63, 3.8) is 0 Å². The molecule has 0 spiro atoms. The fourth-order valence-corrected chi connectivity index (χ4v) is 1.59. The minimum absolute atomic E-state index is 0.0514. The maximum absolute atomic E-state index is 12.9. The number of morpholine rings is 1. The number of halogens is 1. The van der Waals surface area contributed by atoms with Crippen LogP contribution >= 0.6 is 0 Å². The molecular formula is C11H12FNO2. The monoisotopic (exact) mass is 209 g/mol. The molecule has 0 aliphatic carbocycles. The van der Waals surface area contributed by atoms with Crippen LogP contribution in [0.25, 0.3) is 0 Å². The van der Waals surface area contributed by atoms with Crippen molar-refractivity contribution in [2.75, 3.05) is 13.2 Å². The van der Waals surface area contributed by atoms with Crippen molar-refractivity contribution in [3.8, 4) is 0 Å². The largest absolute Gasteiger partial charge is 0.366 e. The van der Waals surface area contributed by atoms with Crippen molar-refractivity contribution in [2.24, 2.45) is 0 Å². The standard InChI is InChI=1S/C11H12FNO2/c12-9-3-1-2-8(4-9)5-10-6-13-11(14)7-15-10/h1-4,10H,5-7H2,(H,13,14). The van der Waals surface area contributed by atoms with Gasteiger partial charge in [0, 0.05) is 13.0 Å². The lowest BCUT2D eigenvalue weighted by Crippen LogP contribution is -2.43. The van der Waals surface area contributed by atoms with Gasteiger partial charge in [-0.05, 0) is 17.7 Å². The van der Waals surface area contributed by atoms with Gasteiger partial charge >= 0.3 is 0 Å². The zero-order chi connectivity index (χ0) is 10.7. The summed E-state index contributed by atoms with van der Waals surface area (Å²) in [7, 11) is 0. The summed E-state index contributed by atoms with van der Waals surface area (Å²) in [5.74, 6) is -0.335. The highest BCUT2D eigenvalue weighted by atomic mass is 19.1. The molecule has 2 rings (SSSR count). The number of rotatable bonds is 2. The maximum atomic E-state index is 12.9. The Morgan fingerprint density at radius 3 is 3.07 bits per heavy atom. The molecule has 80 valence electrons. The minimum atomic E-state index is -0.243. The van der Waals surface area contributed by atoms with E-state index < -0.39 is 0 Å². The second-order valence-electron chi connectivity index (χ2n) is 3.57. The van der Waals surface area contributed by atoms with Crippen molar-refractivity contribution in [1.29, 1.82) is 0 Å². The SMILES string of the molecule is O=C1COC(Cc2cccc(F)c2)CN1. The molecule has 0 saturated carbocycles. The molecule has 1 aromatic rings. The summed E-state index contributed by atoms with van der Waals surface area (Å²) in [6.07, 6.45) is 0.572. The summed E-state index contributed by atoms with van der Waals surface area (Å²) in [5.41, 5.74) is 0.885. The maximum Gasteiger partial charge on any atom is 0.246 e. The fourth-order valence-electron chi connectivity index (χ4n) is 1.59. The molecule has 1 amide bonds. The normalized spacial score (nSPS) is 21.1. The highest BCUT2D eigenvalue weighted by Gasteiger charge is 2.18. The van der Waals surface area contributed by atoms with Crippen molar-refractivity contribution >= 4 is 5.91 Å². The third kappa shape index (κ3) is 2.76. The molecule has 4 heteroatoms. The summed E-state index contributed by atoms with van der Waals surface area (Å²) < 4.78 is 18.2. The second-order valence-corrected chi connectivity index (χ2v) is 3.57. The van der Waals surface area contributed by atoms with Gasteiger partial charge in [0.1, 0.15) is 12.4 Å². The van der Waals surface area contributed by atoms with Crippen LogP contribution in [-0.4, -0.2) is 25.2 Å². The van der Waals surface area contributed by atoms with Crippen LogP contribution in [-0.2, 0) is 16.0 Å². The molecule has 1 aromatic carbocycles. The molecule has 3 nitrogen and oxygen atoms in total. The van der Waals surface area contributed by atoms with Gasteiger partial charge in [0.05, 0.1) is 6.10 Å². The van der Waals surface area contributed by atoms with E-state index in [4.69, 9.17) is 4.74 Å². The number of carbonyl (C=O) groups is 1. The van der Waals surface area contributed by atoms with E-state index in [0.717, 1.165) is 5.56 Å². The lowest BCUT2D eigenvalue weighted by molar-refractivity contribution is -0.133. The van der Waals surface area contributed by atoms with E-state index in [0.29, 0.717) is 13.0 Å². The number of hydrogen-bond acceptors (Lipinski definition) is 2. The molecule has 1 N–H and O–H groups in total. The van der Waals surface area contributed by atoms with E-state index >= 15 is 0 Å². The Labute approximate surface area is 87.2 Å². The zero-order valence-corrected chi connectivity index (χ0v) is 8.20. The van der Waals surface area contributed by atoms with Gasteiger partial charge in [0.2, 0.25) is 5.91 Å². The molecule has 15 heavy (non-hydrogen) atoms. The van der Waals surface area contributed by atoms with Crippen LogP contribution in [0.2, 0.25) is 0 Å². The Balaban J connectivity index is 1.94. The molecule has 1 heterocycles. The van der Waals surface area contributed by atoms with Gasteiger partial charge in [0.15, 0.2) is 0 Å². The Kier molecular flexibility index (Phi) is 2.97. The van der Waals surface area contributed by atoms with Crippen LogP contribution in [0.4, 0.5) is 4.39 Å². The van der Waals surface area contributed by atoms with Gasteiger partial charge in [-0.1, -0.05) is 12.1 Å². The molecule has 1 fully saturated rings. The average molecular weight is 209 g/mol. The first kappa shape index (κ1) is 10.1. The number of carbonyl (C=O) groups excluding carboxylic acids is 1. The third-order valence-electron chi connectivity index (χ3n) is 2.33. The van der Waals surface area contributed by atoms with Crippen molar-refractivity contribution in [2.45, 2.75) is 12.5 Å². The predicted octanol–water partition coefficient (Wildman–Crippen LogP) is 0.883. The summed E-state index contributed by atoms with van der Waals surface area (Å²) in [4.78, 5) is 10.8. The van der Waals surface area contributed by atoms with Gasteiger partial charge < -0.3 is 10.1 Å². The van der Waals surface area contributed by atoms with E-state index in [1.54, 1.807) is 6.07 Å². The lowest BCUT2D eigenvalue weighted by atomic mass is 10.1. The first-order valence-corrected chi connectivity index (χ1v) is 4.87. The van der Waals surface area contributed by atoms with E-state index in [2.05, 4.69) is 5.32 Å². The Hall–Kier alpha value is -1.42. The molecule has 1 atom stereocenters. The van der Waals surface area contributed by atoms with Crippen molar-refractivity contribution in [1.82, 2.24) is 5.32 Å². The van der Waals surface area contributed by atoms with E-state index in [9.17, 15) is 9.18 Å². The smallest absolute Gasteiger partial charge is 0.246 e. The molecule has 0 radical (unpaired) electrons. The Bertz CT molecular complexity index is 357. The van der Waals surface area contributed by atoms with Gasteiger partial charge in [0.25, 0.3) is 0 Å². The quantitative estimate of drug-likeness (QED) is 0.785. The Morgan fingerprint density at radius 2 is 2.40 bits per heavy atom. The molecule has 1 aliphatic heterocycles. The highest BCUT2D eigenvalue weighted by molar-refractivity contribution is 5.77. The van der Waals surface area contributed by atoms with Crippen molar-refractivity contribution in [3.05, 3.63) is 35.6 Å². The van der Waals surface area contributed by atoms with Crippen molar-refractivity contribution < 1.29 is 13.9 Å². The highest BCUT2D eigenvalue weighted by Crippen LogP contribution is 2.09. The third-order valence-corrected chi connectivity index (χ3v) is 2.33. The van der Waals surface area contributed by atoms with Crippen LogP contribution in [0.15, 0.2) is 24.3 Å². The topological polar surface area (TPSA) is 38.3 Å². The molecule has 1 saturated heterocycles. The lowest BCUT2D eigenvalue weighted by Gasteiger charge is -2.23. The van der Waals surface area contributed by atoms with E-state index in [1.807, 2.05) is 6.07 Å². The molecule has 1 unspecified atom stereocenters. The number of hydrogen-bond donors (Lipinski definition) is 1. The fraction of sp³-hybridized carbons (Fsp3) is 0.364. The summed E-state index contributed by atoms with van der Waals surface area (Å²) in [5, 5.41) is 2.71. The Morgan fingerprint density at radius 1 is 1.53 bits per heavy atom. The summed E-state index contributed by atoms with van der Waals surface area (Å²) in [6, 6.07) is 6.42. The molecule has 0 bridgehead atoms. The van der Waals surface area contributed by atoms with Gasteiger partial charge in [-0.3, -0.25) is 4.79 Å². The van der Waals surface area contributed by atoms with Crippen LogP contribution in [0.5, 0.6) is 0 Å². The first-order valence-electron chi connectivity index (χ1n) is 4.87. The van der Waals surface area contributed by atoms with Crippen LogP contribution in [0.1, 0.15) is 5.56 Å². The zero-order valence-electron chi connectivity index (χ0n) is 8.20. The average Bonchev–Trinajstić information content (AvgIpc) is 2.22. The number of benzene rings is 1. The van der Waals surface area contributed by atoms with Crippen LogP contribution in [0.3, 0.4) is 0 Å². The summed E-state index contributed by atoms with van der Waals surface area (Å²) >= 11 is 0. The first-order chi connectivity index (χ1) is 7.24. The van der Waals surface area contributed by atoms with Gasteiger partial charge in [-0.15, -0.1) is 0 Å². The number of amides is 1. The predicted molar refractivity (Wildman–Crippen MR) is 52.9 cm³/mol. The number of ether oxygens (including phenoxy) is 1. The molecular weight excluding hydrogens is 197 g/mol. The number of nitrogens with one attached hydrogen (secondary N) is 1. The van der Waals surface area contributed by atoms with Crippen LogP contribution < -0.4 is 5.32 Å². The van der Waals surface area contributed by atoms with E-state index in [1.165, 1.54) is 12.1 Å². The van der Waals surface area contributed by atoms with Crippen LogP contribution in [0, 0.1) is 5.82 Å². The minimum Gasteiger partial charge on any atom is -0.366 e. The van der Waals surface area contributed by atoms with Gasteiger partial charge in [-0.25, -0.2) is 4.39 Å². The van der Waals surface area contributed by atoms with E-state index in [-0.39, 0.29) is 24.4 Å². The second kappa shape index (κ2) is 4.40. The van der Waals surface area contributed by atoms with Gasteiger partial charge in [-0.2, -0.15) is 0 Å².